The van der Waals surface area contributed by atoms with Crippen LogP contribution in [0.5, 0.6) is 5.88 Å². The number of rotatable bonds is 7. The van der Waals surface area contributed by atoms with Gasteiger partial charge in [0.25, 0.3) is 5.91 Å². The van der Waals surface area contributed by atoms with Crippen molar-refractivity contribution in [3.63, 3.8) is 0 Å². The summed E-state index contributed by atoms with van der Waals surface area (Å²) in [6, 6.07) is 17.7. The molecule has 0 bridgehead atoms. The van der Waals surface area contributed by atoms with Crippen LogP contribution in [0.2, 0.25) is 0 Å². The normalized spacial score (nSPS) is 17.9. The first-order valence-corrected chi connectivity index (χ1v) is 14.2. The van der Waals surface area contributed by atoms with Gasteiger partial charge >= 0.3 is 6.09 Å². The highest BCUT2D eigenvalue weighted by Gasteiger charge is 2.24. The van der Waals surface area contributed by atoms with Crippen LogP contribution < -0.4 is 15.0 Å². The zero-order valence-corrected chi connectivity index (χ0v) is 23.4. The van der Waals surface area contributed by atoms with Crippen LogP contribution in [0.25, 0.3) is 0 Å². The van der Waals surface area contributed by atoms with Crippen LogP contribution in [0.15, 0.2) is 60.8 Å². The van der Waals surface area contributed by atoms with Crippen molar-refractivity contribution in [2.75, 3.05) is 42.9 Å². The third-order valence-electron chi connectivity index (χ3n) is 7.74. The van der Waals surface area contributed by atoms with Gasteiger partial charge in [0.2, 0.25) is 5.88 Å². The number of nitrogens with zero attached hydrogens (tertiary/aromatic N) is 5. The Bertz CT molecular complexity index is 1290. The van der Waals surface area contributed by atoms with E-state index in [1.165, 1.54) is 37.4 Å². The molecule has 2 aliphatic rings. The van der Waals surface area contributed by atoms with Crippen LogP contribution in [0.4, 0.5) is 16.3 Å². The molecule has 0 spiro atoms. The van der Waals surface area contributed by atoms with E-state index in [0.29, 0.717) is 43.5 Å². The summed E-state index contributed by atoms with van der Waals surface area (Å²) in [4.78, 5) is 40.6. The van der Waals surface area contributed by atoms with Crippen LogP contribution in [0.1, 0.15) is 54.2 Å². The molecule has 0 saturated carbocycles. The van der Waals surface area contributed by atoms with Crippen molar-refractivity contribution in [3.8, 4) is 5.88 Å². The number of piperidine rings is 1. The first-order valence-electron chi connectivity index (χ1n) is 14.2. The lowest BCUT2D eigenvalue weighted by atomic mass is 9.99. The number of carbonyl (C=O) groups is 2. The second-order valence-electron chi connectivity index (χ2n) is 10.5. The zero-order valence-electron chi connectivity index (χ0n) is 23.4. The van der Waals surface area contributed by atoms with Crippen molar-refractivity contribution >= 4 is 23.5 Å². The molecular weight excluding hydrogens is 504 g/mol. The van der Waals surface area contributed by atoms with Crippen LogP contribution in [0.3, 0.4) is 0 Å². The summed E-state index contributed by atoms with van der Waals surface area (Å²) in [5, 5.41) is 2.87. The topological polar surface area (TPSA) is 90.9 Å². The summed E-state index contributed by atoms with van der Waals surface area (Å²) >= 11 is 0. The molecule has 0 radical (unpaired) electrons. The molecule has 1 atom stereocenters. The zero-order chi connectivity index (χ0) is 27.9. The molecule has 2 aliphatic heterocycles. The van der Waals surface area contributed by atoms with Crippen molar-refractivity contribution in [1.29, 1.82) is 0 Å². The highest BCUT2D eigenvalue weighted by molar-refractivity contribution is 6.04. The molecule has 2 amide bonds. The van der Waals surface area contributed by atoms with Gasteiger partial charge in [-0.15, -0.1) is 0 Å². The van der Waals surface area contributed by atoms with Gasteiger partial charge in [-0.25, -0.2) is 14.8 Å². The number of carbonyl (C=O) groups excluding carboxylic acids is 2. The van der Waals surface area contributed by atoms with Crippen molar-refractivity contribution in [3.05, 3.63) is 77.6 Å². The summed E-state index contributed by atoms with van der Waals surface area (Å²) in [5.74, 6) is 0.910. The monoisotopic (exact) mass is 542 g/mol. The number of aryl methyl sites for hydroxylation is 1. The Morgan fingerprint density at radius 1 is 0.975 bits per heavy atom. The Balaban J connectivity index is 1.09. The number of hydrogen-bond donors (Lipinski definition) is 1. The molecule has 4 heterocycles. The number of piperazine rings is 1. The van der Waals surface area contributed by atoms with Crippen LogP contribution in [-0.4, -0.2) is 70.5 Å². The Morgan fingerprint density at radius 3 is 2.48 bits per heavy atom. The van der Waals surface area contributed by atoms with Gasteiger partial charge in [-0.1, -0.05) is 31.5 Å². The van der Waals surface area contributed by atoms with Gasteiger partial charge < -0.3 is 19.9 Å². The van der Waals surface area contributed by atoms with E-state index in [1.807, 2.05) is 49.4 Å². The second-order valence-corrected chi connectivity index (χ2v) is 10.5. The number of amides is 2. The van der Waals surface area contributed by atoms with Crippen molar-refractivity contribution < 1.29 is 14.3 Å². The largest absolute Gasteiger partial charge is 0.416 e. The lowest BCUT2D eigenvalue weighted by Crippen LogP contribution is -2.50. The predicted octanol–water partition coefficient (Wildman–Crippen LogP) is 5.12. The molecule has 40 heavy (non-hydrogen) atoms. The fourth-order valence-electron chi connectivity index (χ4n) is 5.42. The Hall–Kier alpha value is -3.98. The maximum Gasteiger partial charge on any atom is 0.416 e. The Morgan fingerprint density at radius 2 is 1.77 bits per heavy atom. The van der Waals surface area contributed by atoms with Crippen molar-refractivity contribution in [1.82, 2.24) is 19.8 Å². The summed E-state index contributed by atoms with van der Waals surface area (Å²) in [5.41, 5.74) is 3.31. The minimum atomic E-state index is -0.434. The number of pyridine rings is 2. The maximum absolute atomic E-state index is 12.8. The molecule has 9 nitrogen and oxygen atoms in total. The third kappa shape index (κ3) is 6.96. The quantitative estimate of drug-likeness (QED) is 0.443. The molecule has 210 valence electrons. The van der Waals surface area contributed by atoms with E-state index >= 15 is 0 Å². The minimum Gasteiger partial charge on any atom is -0.391 e. The predicted molar refractivity (Wildman–Crippen MR) is 156 cm³/mol. The van der Waals surface area contributed by atoms with Gasteiger partial charge in [0.05, 0.1) is 11.9 Å². The SMILES string of the molecule is CCC1CCCCN1Cc1ccc(C(=O)Nc2ccc(OC(=O)N3CCN(c4cccc(C)n4)CC3)nc2)cc1. The molecule has 1 unspecified atom stereocenters. The minimum absolute atomic E-state index is 0.193. The highest BCUT2D eigenvalue weighted by Crippen LogP contribution is 2.22. The van der Waals surface area contributed by atoms with E-state index in [2.05, 4.69) is 32.0 Å². The van der Waals surface area contributed by atoms with Crippen LogP contribution in [-0.2, 0) is 6.54 Å². The van der Waals surface area contributed by atoms with E-state index in [1.54, 1.807) is 17.0 Å². The van der Waals surface area contributed by atoms with E-state index < -0.39 is 6.09 Å². The van der Waals surface area contributed by atoms with Crippen molar-refractivity contribution in [2.24, 2.45) is 0 Å². The summed E-state index contributed by atoms with van der Waals surface area (Å²) < 4.78 is 5.47. The summed E-state index contributed by atoms with van der Waals surface area (Å²) in [7, 11) is 0. The van der Waals surface area contributed by atoms with Gasteiger partial charge in [0.1, 0.15) is 5.82 Å². The van der Waals surface area contributed by atoms with E-state index in [9.17, 15) is 9.59 Å². The van der Waals surface area contributed by atoms with Crippen LogP contribution >= 0.6 is 0 Å². The molecule has 2 fully saturated rings. The molecule has 2 aromatic heterocycles. The Labute approximate surface area is 236 Å². The first-order chi connectivity index (χ1) is 19.5. The lowest BCUT2D eigenvalue weighted by Gasteiger charge is -2.35. The van der Waals surface area contributed by atoms with Crippen molar-refractivity contribution in [2.45, 2.75) is 52.1 Å². The fraction of sp³-hybridized carbons (Fsp3) is 0.419. The maximum atomic E-state index is 12.8. The molecule has 2 saturated heterocycles. The van der Waals surface area contributed by atoms with E-state index in [-0.39, 0.29) is 11.8 Å². The average molecular weight is 543 g/mol. The lowest BCUT2D eigenvalue weighted by molar-refractivity contribution is 0.102. The molecule has 1 aromatic carbocycles. The number of nitrogens with one attached hydrogen (secondary N) is 1. The first kappa shape index (κ1) is 27.6. The van der Waals surface area contributed by atoms with E-state index in [4.69, 9.17) is 4.74 Å². The van der Waals surface area contributed by atoms with Crippen LogP contribution in [0, 0.1) is 6.92 Å². The summed E-state index contributed by atoms with van der Waals surface area (Å²) in [6.45, 7) is 8.73. The number of aromatic nitrogens is 2. The number of benzene rings is 1. The number of anilines is 2. The van der Waals surface area contributed by atoms with Gasteiger partial charge in [0.15, 0.2) is 0 Å². The molecule has 1 N–H and O–H groups in total. The molecule has 0 aliphatic carbocycles. The third-order valence-corrected chi connectivity index (χ3v) is 7.74. The number of hydrogen-bond acceptors (Lipinski definition) is 7. The van der Waals surface area contributed by atoms with Gasteiger partial charge in [-0.05, 0) is 68.6 Å². The van der Waals surface area contributed by atoms with Gasteiger partial charge in [-0.2, -0.15) is 0 Å². The molecule has 5 rings (SSSR count). The molecular formula is C31H38N6O3. The molecule has 9 heteroatoms. The van der Waals surface area contributed by atoms with Gasteiger partial charge in [0, 0.05) is 56.1 Å². The highest BCUT2D eigenvalue weighted by atomic mass is 16.6. The van der Waals surface area contributed by atoms with Gasteiger partial charge in [-0.3, -0.25) is 9.69 Å². The standard InChI is InChI=1S/C31H38N6O3/c1-3-27-8-4-5-16-37(27)22-24-10-12-25(13-11-24)30(38)34-26-14-15-29(32-21-26)40-31(39)36-19-17-35(18-20-36)28-9-6-7-23(2)33-28/h6-7,9-15,21,27H,3-5,8,16-20,22H2,1-2H3,(H,34,38). The number of ether oxygens (including phenoxy) is 1. The molecule has 3 aromatic rings. The summed E-state index contributed by atoms with van der Waals surface area (Å²) in [6.07, 6.45) is 6.08. The number of likely N-dealkylation sites (tertiary alicyclic amines) is 1. The Kier molecular flexibility index (Phi) is 8.91. The second kappa shape index (κ2) is 12.9. The van der Waals surface area contributed by atoms with E-state index in [0.717, 1.165) is 24.6 Å². The fourth-order valence-corrected chi connectivity index (χ4v) is 5.42. The average Bonchev–Trinajstić information content (AvgIpc) is 2.99. The smallest absolute Gasteiger partial charge is 0.391 e.